The molecule has 3 nitrogen and oxygen atoms in total. The van der Waals surface area contributed by atoms with Crippen molar-refractivity contribution >= 4 is 32.7 Å². The van der Waals surface area contributed by atoms with E-state index in [0.29, 0.717) is 17.2 Å². The fourth-order valence-electron chi connectivity index (χ4n) is 2.99. The number of aryl methyl sites for hydroxylation is 1. The maximum Gasteiger partial charge on any atom is 0.264 e. The summed E-state index contributed by atoms with van der Waals surface area (Å²) in [6, 6.07) is 10.6. The zero-order chi connectivity index (χ0) is 18.1. The molecule has 1 N–H and O–H groups in total. The van der Waals surface area contributed by atoms with Gasteiger partial charge >= 0.3 is 0 Å². The first-order valence-corrected chi connectivity index (χ1v) is 8.74. The molecule has 3 rings (SSSR count). The van der Waals surface area contributed by atoms with E-state index >= 15 is 0 Å². The van der Waals surface area contributed by atoms with Crippen LogP contribution in [-0.4, -0.2) is 9.97 Å². The van der Waals surface area contributed by atoms with E-state index in [-0.39, 0.29) is 11.6 Å². The smallest absolute Gasteiger partial charge is 0.264 e. The van der Waals surface area contributed by atoms with Crippen LogP contribution in [0.4, 0.5) is 14.6 Å². The molecule has 0 radical (unpaired) electrons. The highest BCUT2D eigenvalue weighted by molar-refractivity contribution is 9.10. The van der Waals surface area contributed by atoms with Gasteiger partial charge in [-0.05, 0) is 50.1 Å². The molecule has 2 aromatic carbocycles. The number of halogens is 3. The molecule has 0 aliphatic rings. The maximum atomic E-state index is 13.2. The lowest BCUT2D eigenvalue weighted by Gasteiger charge is -2.20. The van der Waals surface area contributed by atoms with Gasteiger partial charge in [0, 0.05) is 15.4 Å². The van der Waals surface area contributed by atoms with E-state index in [1.165, 1.54) is 6.07 Å². The molecular formula is C19H18BrF2N3. The zero-order valence-corrected chi connectivity index (χ0v) is 15.7. The minimum Gasteiger partial charge on any atom is -0.363 e. The Hall–Kier alpha value is -2.08. The molecule has 0 fully saturated rings. The van der Waals surface area contributed by atoms with Crippen LogP contribution in [0, 0.1) is 13.8 Å². The van der Waals surface area contributed by atoms with Crippen LogP contribution in [0.25, 0.3) is 10.9 Å². The normalized spacial score (nSPS) is 12.6. The van der Waals surface area contributed by atoms with E-state index < -0.39 is 6.43 Å². The lowest BCUT2D eigenvalue weighted by Crippen LogP contribution is -2.11. The molecule has 25 heavy (non-hydrogen) atoms. The SMILES string of the molecule is Cc1nc(NC(C)c2cccc(C(F)F)c2C)c2cc(Br)ccc2n1. The van der Waals surface area contributed by atoms with E-state index in [1.54, 1.807) is 13.0 Å². The van der Waals surface area contributed by atoms with Crippen molar-refractivity contribution in [3.8, 4) is 0 Å². The van der Waals surface area contributed by atoms with Gasteiger partial charge in [0.15, 0.2) is 0 Å². The fourth-order valence-corrected chi connectivity index (χ4v) is 3.35. The van der Waals surface area contributed by atoms with E-state index in [9.17, 15) is 8.78 Å². The molecule has 1 heterocycles. The highest BCUT2D eigenvalue weighted by Gasteiger charge is 2.17. The maximum absolute atomic E-state index is 13.2. The average Bonchev–Trinajstić information content (AvgIpc) is 2.55. The summed E-state index contributed by atoms with van der Waals surface area (Å²) >= 11 is 3.47. The number of hydrogen-bond donors (Lipinski definition) is 1. The molecule has 0 bridgehead atoms. The van der Waals surface area contributed by atoms with Crippen molar-refractivity contribution < 1.29 is 8.78 Å². The fraction of sp³-hybridized carbons (Fsp3) is 0.263. The molecule has 0 saturated carbocycles. The third-order valence-electron chi connectivity index (χ3n) is 4.24. The molecule has 0 amide bonds. The third-order valence-corrected chi connectivity index (χ3v) is 4.74. The van der Waals surface area contributed by atoms with Crippen LogP contribution in [0.15, 0.2) is 40.9 Å². The predicted molar refractivity (Wildman–Crippen MR) is 100 cm³/mol. The van der Waals surface area contributed by atoms with Crippen LogP contribution in [0.2, 0.25) is 0 Å². The summed E-state index contributed by atoms with van der Waals surface area (Å²) in [6.07, 6.45) is -2.48. The van der Waals surface area contributed by atoms with E-state index in [0.717, 1.165) is 20.9 Å². The standard InChI is InChI=1S/C19H18BrF2N3/c1-10-14(5-4-6-15(10)18(21)22)11(2)23-19-16-9-13(20)7-8-17(16)24-12(3)25-19/h4-9,11,18H,1-3H3,(H,23,24,25). The van der Waals surface area contributed by atoms with Gasteiger partial charge in [0.1, 0.15) is 11.6 Å². The van der Waals surface area contributed by atoms with E-state index in [2.05, 4.69) is 31.2 Å². The zero-order valence-electron chi connectivity index (χ0n) is 14.1. The quantitative estimate of drug-likeness (QED) is 0.567. The summed E-state index contributed by atoms with van der Waals surface area (Å²) in [4.78, 5) is 8.95. The van der Waals surface area contributed by atoms with Gasteiger partial charge in [-0.3, -0.25) is 0 Å². The van der Waals surface area contributed by atoms with Crippen LogP contribution in [0.5, 0.6) is 0 Å². The molecular weight excluding hydrogens is 388 g/mol. The van der Waals surface area contributed by atoms with Crippen molar-refractivity contribution in [2.45, 2.75) is 33.2 Å². The molecule has 1 aromatic heterocycles. The summed E-state index contributed by atoms with van der Waals surface area (Å²) in [6.45, 7) is 5.51. The summed E-state index contributed by atoms with van der Waals surface area (Å²) in [7, 11) is 0. The second kappa shape index (κ2) is 7.04. The van der Waals surface area contributed by atoms with Crippen LogP contribution in [0.3, 0.4) is 0 Å². The van der Waals surface area contributed by atoms with Gasteiger partial charge in [-0.1, -0.05) is 34.1 Å². The second-order valence-corrected chi connectivity index (χ2v) is 6.92. The first kappa shape index (κ1) is 17.7. The largest absolute Gasteiger partial charge is 0.363 e. The lowest BCUT2D eigenvalue weighted by atomic mass is 9.97. The van der Waals surface area contributed by atoms with Gasteiger partial charge in [0.2, 0.25) is 0 Å². The van der Waals surface area contributed by atoms with Gasteiger partial charge < -0.3 is 5.32 Å². The molecule has 1 atom stereocenters. The number of aromatic nitrogens is 2. The Bertz CT molecular complexity index is 928. The highest BCUT2D eigenvalue weighted by Crippen LogP contribution is 2.31. The Morgan fingerprint density at radius 1 is 1.04 bits per heavy atom. The minimum absolute atomic E-state index is 0.0672. The molecule has 0 spiro atoms. The highest BCUT2D eigenvalue weighted by atomic mass is 79.9. The number of fused-ring (bicyclic) bond motifs is 1. The Morgan fingerprint density at radius 3 is 2.48 bits per heavy atom. The van der Waals surface area contributed by atoms with E-state index in [4.69, 9.17) is 0 Å². The second-order valence-electron chi connectivity index (χ2n) is 6.01. The summed E-state index contributed by atoms with van der Waals surface area (Å²) < 4.78 is 27.2. The van der Waals surface area contributed by atoms with Gasteiger partial charge in [-0.25, -0.2) is 18.7 Å². The van der Waals surface area contributed by atoms with Crippen molar-refractivity contribution in [2.24, 2.45) is 0 Å². The van der Waals surface area contributed by atoms with Crippen molar-refractivity contribution in [1.82, 2.24) is 9.97 Å². The molecule has 0 aliphatic heterocycles. The van der Waals surface area contributed by atoms with Crippen LogP contribution in [0.1, 0.15) is 41.9 Å². The third kappa shape index (κ3) is 3.63. The number of alkyl halides is 2. The topological polar surface area (TPSA) is 37.8 Å². The summed E-state index contributed by atoms with van der Waals surface area (Å²) in [5.41, 5.74) is 2.34. The molecule has 1 unspecified atom stereocenters. The van der Waals surface area contributed by atoms with Gasteiger partial charge in [-0.2, -0.15) is 0 Å². The number of hydrogen-bond acceptors (Lipinski definition) is 3. The van der Waals surface area contributed by atoms with Crippen molar-refractivity contribution in [3.05, 3.63) is 63.4 Å². The molecule has 6 heteroatoms. The molecule has 0 aliphatic carbocycles. The average molecular weight is 406 g/mol. The first-order chi connectivity index (χ1) is 11.9. The Morgan fingerprint density at radius 2 is 1.76 bits per heavy atom. The molecule has 130 valence electrons. The predicted octanol–water partition coefficient (Wildman–Crippen LogP) is 6.12. The van der Waals surface area contributed by atoms with Crippen molar-refractivity contribution in [1.29, 1.82) is 0 Å². The van der Waals surface area contributed by atoms with Crippen LogP contribution in [-0.2, 0) is 0 Å². The van der Waals surface area contributed by atoms with Crippen molar-refractivity contribution in [2.75, 3.05) is 5.32 Å². The molecule has 0 saturated heterocycles. The number of nitrogens with one attached hydrogen (secondary N) is 1. The lowest BCUT2D eigenvalue weighted by molar-refractivity contribution is 0.150. The monoisotopic (exact) mass is 405 g/mol. The summed E-state index contributed by atoms with van der Waals surface area (Å²) in [5, 5.41) is 4.24. The van der Waals surface area contributed by atoms with Gasteiger partial charge in [0.05, 0.1) is 11.6 Å². The van der Waals surface area contributed by atoms with E-state index in [1.807, 2.05) is 38.1 Å². The summed E-state index contributed by atoms with van der Waals surface area (Å²) in [5.74, 6) is 1.35. The minimum atomic E-state index is -2.48. The van der Waals surface area contributed by atoms with Gasteiger partial charge in [-0.15, -0.1) is 0 Å². The number of anilines is 1. The molecule has 3 aromatic rings. The number of nitrogens with zero attached hydrogens (tertiary/aromatic N) is 2. The van der Waals surface area contributed by atoms with Crippen molar-refractivity contribution in [3.63, 3.8) is 0 Å². The number of benzene rings is 2. The Labute approximate surface area is 153 Å². The van der Waals surface area contributed by atoms with Gasteiger partial charge in [0.25, 0.3) is 6.43 Å². The van der Waals surface area contributed by atoms with Crippen LogP contribution < -0.4 is 5.32 Å². The Kier molecular flexibility index (Phi) is 4.99. The number of rotatable bonds is 4. The van der Waals surface area contributed by atoms with Crippen LogP contribution >= 0.6 is 15.9 Å². The Balaban J connectivity index is 2.02. The first-order valence-electron chi connectivity index (χ1n) is 7.95.